The van der Waals surface area contributed by atoms with E-state index in [2.05, 4.69) is 0 Å². The second-order valence-corrected chi connectivity index (χ2v) is 5.91. The van der Waals surface area contributed by atoms with Crippen LogP contribution in [-0.2, 0) is 20.2 Å². The lowest BCUT2D eigenvalue weighted by Crippen LogP contribution is -2.08. The molecule has 0 spiro atoms. The SMILES string of the molecule is Cc1cc(S(=O)(=O)O)cc(S(=O)(=O)O)c1N. The van der Waals surface area contributed by atoms with Crippen molar-refractivity contribution in [3.8, 4) is 0 Å². The van der Waals surface area contributed by atoms with Gasteiger partial charge >= 0.3 is 0 Å². The van der Waals surface area contributed by atoms with Crippen molar-refractivity contribution in [3.05, 3.63) is 17.7 Å². The van der Waals surface area contributed by atoms with E-state index in [0.717, 1.165) is 6.07 Å². The van der Waals surface area contributed by atoms with Gasteiger partial charge in [0.05, 0.1) is 10.6 Å². The standard InChI is InChI=1S/C7H9NO6S2/c1-4-2-5(15(9,10)11)3-6(7(4)8)16(12,13)14/h2-3H,8H2,1H3,(H,9,10,11)(H,12,13,14). The van der Waals surface area contributed by atoms with Gasteiger partial charge in [-0.05, 0) is 24.6 Å². The molecule has 0 aliphatic carbocycles. The molecule has 0 aliphatic rings. The minimum absolute atomic E-state index is 0.114. The van der Waals surface area contributed by atoms with E-state index in [1.165, 1.54) is 6.92 Å². The summed E-state index contributed by atoms with van der Waals surface area (Å²) in [7, 11) is -9.20. The van der Waals surface area contributed by atoms with Crippen molar-refractivity contribution >= 4 is 25.9 Å². The van der Waals surface area contributed by atoms with Gasteiger partial charge in [-0.3, -0.25) is 9.11 Å². The fourth-order valence-electron chi connectivity index (χ4n) is 1.10. The Morgan fingerprint density at radius 2 is 1.56 bits per heavy atom. The molecule has 0 saturated carbocycles. The molecular weight excluding hydrogens is 258 g/mol. The van der Waals surface area contributed by atoms with E-state index in [1.807, 2.05) is 0 Å². The largest absolute Gasteiger partial charge is 0.397 e. The van der Waals surface area contributed by atoms with Crippen LogP contribution in [0.3, 0.4) is 0 Å². The third-order valence-electron chi connectivity index (χ3n) is 1.90. The number of anilines is 1. The van der Waals surface area contributed by atoms with Crippen LogP contribution in [0.1, 0.15) is 5.56 Å². The van der Waals surface area contributed by atoms with E-state index in [-0.39, 0.29) is 11.3 Å². The Morgan fingerprint density at radius 3 is 1.94 bits per heavy atom. The zero-order valence-corrected chi connectivity index (χ0v) is 9.71. The fourth-order valence-corrected chi connectivity index (χ4v) is 2.48. The second kappa shape index (κ2) is 3.70. The Balaban J connectivity index is 3.72. The van der Waals surface area contributed by atoms with Crippen LogP contribution in [-0.4, -0.2) is 25.9 Å². The molecule has 0 bridgehead atoms. The normalized spacial score (nSPS) is 12.7. The van der Waals surface area contributed by atoms with Crippen molar-refractivity contribution < 1.29 is 25.9 Å². The topological polar surface area (TPSA) is 135 Å². The van der Waals surface area contributed by atoms with E-state index in [4.69, 9.17) is 14.8 Å². The molecule has 90 valence electrons. The molecule has 0 aromatic heterocycles. The van der Waals surface area contributed by atoms with Gasteiger partial charge in [-0.2, -0.15) is 16.8 Å². The predicted molar refractivity (Wildman–Crippen MR) is 55.2 cm³/mol. The Morgan fingerprint density at radius 1 is 1.06 bits per heavy atom. The molecule has 0 fully saturated rings. The van der Waals surface area contributed by atoms with E-state index < -0.39 is 30.0 Å². The Bertz CT molecular complexity index is 631. The maximum Gasteiger partial charge on any atom is 0.296 e. The monoisotopic (exact) mass is 267 g/mol. The molecule has 1 aromatic carbocycles. The van der Waals surface area contributed by atoms with E-state index in [0.29, 0.717) is 6.07 Å². The number of rotatable bonds is 2. The van der Waals surface area contributed by atoms with Crippen LogP contribution < -0.4 is 5.73 Å². The molecule has 0 atom stereocenters. The van der Waals surface area contributed by atoms with Gasteiger partial charge in [0.25, 0.3) is 20.2 Å². The number of benzene rings is 1. The number of hydrogen-bond donors (Lipinski definition) is 3. The average molecular weight is 267 g/mol. The van der Waals surface area contributed by atoms with Gasteiger partial charge in [-0.15, -0.1) is 0 Å². The van der Waals surface area contributed by atoms with E-state index in [9.17, 15) is 16.8 Å². The minimum Gasteiger partial charge on any atom is -0.397 e. The Kier molecular flexibility index (Phi) is 2.98. The summed E-state index contributed by atoms with van der Waals surface area (Å²) in [6.45, 7) is 1.35. The smallest absolute Gasteiger partial charge is 0.296 e. The third-order valence-corrected chi connectivity index (χ3v) is 3.62. The van der Waals surface area contributed by atoms with Crippen LogP contribution in [0.15, 0.2) is 21.9 Å². The summed E-state index contributed by atoms with van der Waals surface area (Å²) in [5.41, 5.74) is 5.21. The van der Waals surface area contributed by atoms with Crippen LogP contribution >= 0.6 is 0 Å². The maximum atomic E-state index is 10.9. The highest BCUT2D eigenvalue weighted by molar-refractivity contribution is 7.86. The summed E-state index contributed by atoms with van der Waals surface area (Å²) >= 11 is 0. The highest BCUT2D eigenvalue weighted by atomic mass is 32.2. The molecule has 9 heteroatoms. The molecular formula is C7H9NO6S2. The molecule has 0 unspecified atom stereocenters. The highest BCUT2D eigenvalue weighted by Gasteiger charge is 2.20. The van der Waals surface area contributed by atoms with Gasteiger partial charge < -0.3 is 5.73 Å². The summed E-state index contributed by atoms with van der Waals surface area (Å²) < 4.78 is 60.9. The molecule has 0 aliphatic heterocycles. The number of nitrogen functional groups attached to an aromatic ring is 1. The quantitative estimate of drug-likeness (QED) is 0.509. The molecule has 1 aromatic rings. The van der Waals surface area contributed by atoms with Crippen molar-refractivity contribution in [2.24, 2.45) is 0 Å². The first kappa shape index (κ1) is 12.9. The lowest BCUT2D eigenvalue weighted by molar-refractivity contribution is 0.481. The fraction of sp³-hybridized carbons (Fsp3) is 0.143. The van der Waals surface area contributed by atoms with E-state index in [1.54, 1.807) is 0 Å². The van der Waals surface area contributed by atoms with Crippen molar-refractivity contribution in [2.45, 2.75) is 16.7 Å². The third kappa shape index (κ3) is 2.50. The van der Waals surface area contributed by atoms with E-state index >= 15 is 0 Å². The molecule has 0 saturated heterocycles. The summed E-state index contributed by atoms with van der Waals surface area (Å²) in [6, 6.07) is 1.59. The summed E-state index contributed by atoms with van der Waals surface area (Å²) in [6.07, 6.45) is 0. The lowest BCUT2D eigenvalue weighted by atomic mass is 10.2. The first-order valence-corrected chi connectivity index (χ1v) is 6.76. The summed E-state index contributed by atoms with van der Waals surface area (Å²) in [5.74, 6) is 0. The number of aryl methyl sites for hydroxylation is 1. The molecule has 0 radical (unpaired) electrons. The Labute approximate surface area is 92.4 Å². The summed E-state index contributed by atoms with van der Waals surface area (Å²) in [5, 5.41) is 0. The zero-order chi connectivity index (χ0) is 12.7. The van der Waals surface area contributed by atoms with Crippen molar-refractivity contribution in [1.82, 2.24) is 0 Å². The van der Waals surface area contributed by atoms with Crippen LogP contribution in [0, 0.1) is 6.92 Å². The molecule has 0 amide bonds. The molecule has 0 heterocycles. The van der Waals surface area contributed by atoms with Crippen LogP contribution in [0.25, 0.3) is 0 Å². The Hall–Kier alpha value is -1.16. The van der Waals surface area contributed by atoms with Gasteiger partial charge in [-0.1, -0.05) is 0 Å². The second-order valence-electron chi connectivity index (χ2n) is 3.10. The molecule has 4 N–H and O–H groups in total. The molecule has 1 rings (SSSR count). The van der Waals surface area contributed by atoms with Gasteiger partial charge in [0.1, 0.15) is 4.90 Å². The number of nitrogens with two attached hydrogens (primary N) is 1. The summed E-state index contributed by atoms with van der Waals surface area (Å²) in [4.78, 5) is -1.40. The van der Waals surface area contributed by atoms with Crippen molar-refractivity contribution in [1.29, 1.82) is 0 Å². The molecule has 7 nitrogen and oxygen atoms in total. The predicted octanol–water partition coefficient (Wildman–Crippen LogP) is 0.0706. The first-order chi connectivity index (χ1) is 7.03. The highest BCUT2D eigenvalue weighted by Crippen LogP contribution is 2.26. The zero-order valence-electron chi connectivity index (χ0n) is 8.08. The van der Waals surface area contributed by atoms with Gasteiger partial charge in [0, 0.05) is 0 Å². The van der Waals surface area contributed by atoms with Gasteiger partial charge in [-0.25, -0.2) is 0 Å². The molecule has 16 heavy (non-hydrogen) atoms. The first-order valence-electron chi connectivity index (χ1n) is 3.88. The van der Waals surface area contributed by atoms with Crippen LogP contribution in [0.4, 0.5) is 5.69 Å². The number of hydrogen-bond acceptors (Lipinski definition) is 5. The van der Waals surface area contributed by atoms with Gasteiger partial charge in [0.15, 0.2) is 0 Å². The van der Waals surface area contributed by atoms with Gasteiger partial charge in [0.2, 0.25) is 0 Å². The van der Waals surface area contributed by atoms with Crippen LogP contribution in [0.2, 0.25) is 0 Å². The lowest BCUT2D eigenvalue weighted by Gasteiger charge is -2.07. The van der Waals surface area contributed by atoms with Crippen molar-refractivity contribution in [3.63, 3.8) is 0 Å². The van der Waals surface area contributed by atoms with Crippen LogP contribution in [0.5, 0.6) is 0 Å². The maximum absolute atomic E-state index is 10.9. The van der Waals surface area contributed by atoms with Crippen molar-refractivity contribution in [2.75, 3.05) is 5.73 Å². The average Bonchev–Trinajstić information content (AvgIpc) is 2.05. The minimum atomic E-state index is -4.64.